The van der Waals surface area contributed by atoms with Crippen molar-refractivity contribution in [3.8, 4) is 0 Å². The molecule has 0 aromatic rings. The molecule has 0 radical (unpaired) electrons. The summed E-state index contributed by atoms with van der Waals surface area (Å²) >= 11 is 0. The smallest absolute Gasteiger partial charge is 0.0594 e. The molecule has 3 heteroatoms. The second-order valence-electron chi connectivity index (χ2n) is 8.73. The van der Waals surface area contributed by atoms with Gasteiger partial charge in [0.1, 0.15) is 0 Å². The highest BCUT2D eigenvalue weighted by molar-refractivity contribution is 5.06. The Hall–Kier alpha value is -2.10. The summed E-state index contributed by atoms with van der Waals surface area (Å²) in [6, 6.07) is 0.705. The van der Waals surface area contributed by atoms with Crippen LogP contribution in [-0.2, 0) is 4.74 Å². The number of ether oxygens (including phenoxy) is 1. The summed E-state index contributed by atoms with van der Waals surface area (Å²) in [5.74, 6) is 0. The van der Waals surface area contributed by atoms with Crippen LogP contribution in [0.15, 0.2) is 85.2 Å². The molecule has 0 amide bonds. The molecule has 3 nitrogen and oxygen atoms in total. The third-order valence-corrected chi connectivity index (χ3v) is 6.07. The molecule has 0 N–H and O–H groups in total. The number of hydrogen-bond donors (Lipinski definition) is 0. The van der Waals surface area contributed by atoms with Gasteiger partial charge in [0, 0.05) is 37.9 Å². The molecule has 33 heavy (non-hydrogen) atoms. The Morgan fingerprint density at radius 2 is 1.18 bits per heavy atom. The van der Waals surface area contributed by atoms with Crippen LogP contribution in [0.3, 0.4) is 0 Å². The monoisotopic (exact) mass is 450 g/mol. The van der Waals surface area contributed by atoms with Gasteiger partial charge in [-0.15, -0.1) is 0 Å². The maximum atomic E-state index is 5.45. The molecule has 2 heterocycles. The average Bonchev–Trinajstić information content (AvgIpc) is 2.80. The van der Waals surface area contributed by atoms with E-state index in [0.717, 1.165) is 90.8 Å². The standard InChI is InChI=1S/C30H46N2O/c1-3-4-5-6-7-8-9-10-11-12-13-14-15-16-17-18-19-20-21-22-29(2)32-27-30(28-32)31-23-25-33-26-24-31/h4-5,7-8,10-11,13-14,16-17,19-20,30H,2-3,6,9,12,15,18,21-28H2,1H3/b5-4-,8-7-,11-10-,14-13-,17-16-,20-19-. The summed E-state index contributed by atoms with van der Waals surface area (Å²) in [6.45, 7) is 12.7. The summed E-state index contributed by atoms with van der Waals surface area (Å²) in [5, 5.41) is 0. The fourth-order valence-electron chi connectivity index (χ4n) is 3.93. The number of morpholine rings is 1. The predicted octanol–water partition coefficient (Wildman–Crippen LogP) is 6.99. The van der Waals surface area contributed by atoms with Crippen LogP contribution in [0, 0.1) is 0 Å². The van der Waals surface area contributed by atoms with E-state index in [1.165, 1.54) is 5.70 Å². The zero-order valence-corrected chi connectivity index (χ0v) is 20.9. The van der Waals surface area contributed by atoms with Gasteiger partial charge in [-0.2, -0.15) is 0 Å². The summed E-state index contributed by atoms with van der Waals surface area (Å²) in [4.78, 5) is 5.01. The lowest BCUT2D eigenvalue weighted by Crippen LogP contribution is -2.60. The van der Waals surface area contributed by atoms with Gasteiger partial charge in [-0.1, -0.05) is 86.4 Å². The number of rotatable bonds is 16. The lowest BCUT2D eigenvalue weighted by molar-refractivity contribution is -0.0231. The molecule has 0 saturated carbocycles. The van der Waals surface area contributed by atoms with Crippen molar-refractivity contribution in [2.45, 2.75) is 64.3 Å². The molecule has 2 aliphatic heterocycles. The van der Waals surface area contributed by atoms with Crippen molar-refractivity contribution in [3.63, 3.8) is 0 Å². The Balaban J connectivity index is 1.40. The molecule has 2 fully saturated rings. The van der Waals surface area contributed by atoms with E-state index in [4.69, 9.17) is 4.74 Å². The van der Waals surface area contributed by atoms with Gasteiger partial charge in [0.2, 0.25) is 0 Å². The minimum absolute atomic E-state index is 0.705. The van der Waals surface area contributed by atoms with Crippen LogP contribution in [-0.4, -0.2) is 55.2 Å². The van der Waals surface area contributed by atoms with Crippen LogP contribution in [0.25, 0.3) is 0 Å². The first-order valence-corrected chi connectivity index (χ1v) is 13.0. The molecule has 182 valence electrons. The molecule has 0 aromatic carbocycles. The van der Waals surface area contributed by atoms with E-state index in [-0.39, 0.29) is 0 Å². The molecule has 0 bridgehead atoms. The fraction of sp³-hybridized carbons (Fsp3) is 0.533. The van der Waals surface area contributed by atoms with Crippen LogP contribution in [0.2, 0.25) is 0 Å². The van der Waals surface area contributed by atoms with Gasteiger partial charge in [-0.3, -0.25) is 4.90 Å². The zero-order valence-electron chi connectivity index (χ0n) is 20.9. The normalized spacial score (nSPS) is 18.9. The van der Waals surface area contributed by atoms with Gasteiger partial charge in [-0.25, -0.2) is 0 Å². The van der Waals surface area contributed by atoms with E-state index in [2.05, 4.69) is 96.2 Å². The quantitative estimate of drug-likeness (QED) is 0.236. The molecule has 0 aliphatic carbocycles. The van der Waals surface area contributed by atoms with Gasteiger partial charge in [0.25, 0.3) is 0 Å². The van der Waals surface area contributed by atoms with Gasteiger partial charge < -0.3 is 9.64 Å². The predicted molar refractivity (Wildman–Crippen MR) is 144 cm³/mol. The molecular formula is C30H46N2O. The van der Waals surface area contributed by atoms with Crippen molar-refractivity contribution >= 4 is 0 Å². The van der Waals surface area contributed by atoms with Crippen LogP contribution in [0.1, 0.15) is 58.3 Å². The molecule has 2 aliphatic rings. The lowest BCUT2D eigenvalue weighted by atomic mass is 10.0. The number of allylic oxidation sites excluding steroid dienone is 13. The molecule has 0 aromatic heterocycles. The van der Waals surface area contributed by atoms with E-state index >= 15 is 0 Å². The maximum absolute atomic E-state index is 5.45. The van der Waals surface area contributed by atoms with Crippen molar-refractivity contribution in [3.05, 3.63) is 85.2 Å². The number of likely N-dealkylation sites (tertiary alicyclic amines) is 1. The van der Waals surface area contributed by atoms with Crippen molar-refractivity contribution in [1.29, 1.82) is 0 Å². The Labute approximate surface area is 203 Å². The SMILES string of the molecule is C=C(CC/C=C\C/C=C\C/C=C\C/C=C\C/C=C\C/C=C\CC)N1CC(N2CCOCC2)C1. The highest BCUT2D eigenvalue weighted by Gasteiger charge is 2.32. The minimum atomic E-state index is 0.705. The van der Waals surface area contributed by atoms with Gasteiger partial charge in [0.15, 0.2) is 0 Å². The molecule has 0 unspecified atom stereocenters. The highest BCUT2D eigenvalue weighted by atomic mass is 16.5. The van der Waals surface area contributed by atoms with Crippen LogP contribution in [0.4, 0.5) is 0 Å². The second kappa shape index (κ2) is 18.3. The Bertz CT molecular complexity index is 686. The Kier molecular flexibility index (Phi) is 15.1. The first-order chi connectivity index (χ1) is 16.3. The highest BCUT2D eigenvalue weighted by Crippen LogP contribution is 2.22. The molecular weight excluding hydrogens is 404 g/mol. The third kappa shape index (κ3) is 12.6. The van der Waals surface area contributed by atoms with E-state index in [0.29, 0.717) is 6.04 Å². The second-order valence-corrected chi connectivity index (χ2v) is 8.73. The van der Waals surface area contributed by atoms with E-state index in [1.807, 2.05) is 0 Å². The van der Waals surface area contributed by atoms with Crippen molar-refractivity contribution < 1.29 is 4.74 Å². The molecule has 2 rings (SSSR count). The number of hydrogen-bond acceptors (Lipinski definition) is 3. The minimum Gasteiger partial charge on any atom is -0.379 e. The van der Waals surface area contributed by atoms with E-state index in [1.54, 1.807) is 0 Å². The summed E-state index contributed by atoms with van der Waals surface area (Å²) in [5.41, 5.74) is 1.29. The topological polar surface area (TPSA) is 15.7 Å². The largest absolute Gasteiger partial charge is 0.379 e. The van der Waals surface area contributed by atoms with Gasteiger partial charge >= 0.3 is 0 Å². The maximum Gasteiger partial charge on any atom is 0.0594 e. The Morgan fingerprint density at radius 1 is 0.727 bits per heavy atom. The summed E-state index contributed by atoms with van der Waals surface area (Å²) in [6.07, 6.45) is 35.4. The van der Waals surface area contributed by atoms with Crippen LogP contribution >= 0.6 is 0 Å². The Morgan fingerprint density at radius 3 is 1.67 bits per heavy atom. The number of nitrogens with zero attached hydrogens (tertiary/aromatic N) is 2. The zero-order chi connectivity index (χ0) is 23.4. The molecule has 0 spiro atoms. The summed E-state index contributed by atoms with van der Waals surface area (Å²) < 4.78 is 5.45. The third-order valence-electron chi connectivity index (χ3n) is 6.07. The van der Waals surface area contributed by atoms with E-state index in [9.17, 15) is 0 Å². The van der Waals surface area contributed by atoms with Crippen molar-refractivity contribution in [1.82, 2.24) is 9.80 Å². The first kappa shape index (κ1) is 27.1. The first-order valence-electron chi connectivity index (χ1n) is 13.0. The van der Waals surface area contributed by atoms with Gasteiger partial charge in [-0.05, 0) is 51.4 Å². The van der Waals surface area contributed by atoms with Gasteiger partial charge in [0.05, 0.1) is 13.2 Å². The van der Waals surface area contributed by atoms with Crippen molar-refractivity contribution in [2.75, 3.05) is 39.4 Å². The molecule has 0 atom stereocenters. The molecule has 2 saturated heterocycles. The van der Waals surface area contributed by atoms with Crippen LogP contribution < -0.4 is 0 Å². The fourth-order valence-corrected chi connectivity index (χ4v) is 3.93. The summed E-state index contributed by atoms with van der Waals surface area (Å²) in [7, 11) is 0. The van der Waals surface area contributed by atoms with E-state index < -0.39 is 0 Å². The van der Waals surface area contributed by atoms with Crippen molar-refractivity contribution in [2.24, 2.45) is 0 Å². The average molecular weight is 451 g/mol. The lowest BCUT2D eigenvalue weighted by Gasteiger charge is -2.48. The van der Waals surface area contributed by atoms with Crippen LogP contribution in [0.5, 0.6) is 0 Å².